The van der Waals surface area contributed by atoms with Crippen LogP contribution in [0.1, 0.15) is 27.3 Å². The number of halogens is 3. The van der Waals surface area contributed by atoms with Gasteiger partial charge in [-0.1, -0.05) is 29.3 Å². The Balaban J connectivity index is 1.92. The Labute approximate surface area is 172 Å². The Morgan fingerprint density at radius 2 is 1.89 bits per heavy atom. The summed E-state index contributed by atoms with van der Waals surface area (Å²) >= 11 is 12.1. The van der Waals surface area contributed by atoms with Crippen LogP contribution in [-0.2, 0) is 11.3 Å². The second-order valence-corrected chi connectivity index (χ2v) is 7.06. The van der Waals surface area contributed by atoms with Crippen LogP contribution in [0.25, 0.3) is 5.69 Å². The molecule has 146 valence electrons. The van der Waals surface area contributed by atoms with E-state index in [1.807, 2.05) is 11.5 Å². The van der Waals surface area contributed by atoms with Gasteiger partial charge in [-0.3, -0.25) is 0 Å². The molecule has 0 unspecified atom stereocenters. The molecule has 1 heterocycles. The topological polar surface area (TPSA) is 40.5 Å². The fourth-order valence-corrected chi connectivity index (χ4v) is 3.45. The molecule has 0 saturated carbocycles. The molecule has 4 nitrogen and oxygen atoms in total. The molecule has 3 aromatic rings. The van der Waals surface area contributed by atoms with E-state index in [9.17, 15) is 9.18 Å². The lowest BCUT2D eigenvalue weighted by atomic mass is 10.2. The van der Waals surface area contributed by atoms with Crippen molar-refractivity contribution in [2.45, 2.75) is 20.5 Å². The fraction of sp³-hybridized carbons (Fsp3) is 0.190. The highest BCUT2D eigenvalue weighted by molar-refractivity contribution is 6.31. The number of benzene rings is 2. The second-order valence-electron chi connectivity index (χ2n) is 6.21. The van der Waals surface area contributed by atoms with Crippen LogP contribution in [0.4, 0.5) is 4.39 Å². The Hall–Kier alpha value is -2.50. The number of aryl methyl sites for hydroxylation is 1. The highest BCUT2D eigenvalue weighted by Crippen LogP contribution is 2.31. The molecule has 0 saturated heterocycles. The van der Waals surface area contributed by atoms with Crippen molar-refractivity contribution < 1.29 is 18.7 Å². The molecule has 1 aromatic heterocycles. The molecule has 0 aliphatic rings. The van der Waals surface area contributed by atoms with Crippen LogP contribution in [0.2, 0.25) is 10.0 Å². The predicted molar refractivity (Wildman–Crippen MR) is 107 cm³/mol. The van der Waals surface area contributed by atoms with Crippen molar-refractivity contribution in [3.63, 3.8) is 0 Å². The molecular weight excluding hydrogens is 404 g/mol. The van der Waals surface area contributed by atoms with Gasteiger partial charge >= 0.3 is 5.97 Å². The lowest BCUT2D eigenvalue weighted by Gasteiger charge is -2.14. The molecule has 0 amide bonds. The largest absolute Gasteiger partial charge is 0.495 e. The molecule has 28 heavy (non-hydrogen) atoms. The van der Waals surface area contributed by atoms with E-state index < -0.39 is 11.8 Å². The first-order valence-electron chi connectivity index (χ1n) is 8.46. The number of rotatable bonds is 5. The maximum absolute atomic E-state index is 13.9. The predicted octanol–water partition coefficient (Wildman–Crippen LogP) is 5.91. The van der Waals surface area contributed by atoms with Gasteiger partial charge in [0.2, 0.25) is 0 Å². The number of ether oxygens (including phenoxy) is 2. The molecule has 0 aliphatic carbocycles. The van der Waals surface area contributed by atoms with Gasteiger partial charge in [-0.25, -0.2) is 9.18 Å². The minimum Gasteiger partial charge on any atom is -0.495 e. The minimum atomic E-state index is -0.570. The molecule has 0 spiro atoms. The van der Waals surface area contributed by atoms with Gasteiger partial charge in [-0.15, -0.1) is 0 Å². The van der Waals surface area contributed by atoms with E-state index in [-0.39, 0.29) is 17.2 Å². The van der Waals surface area contributed by atoms with Gasteiger partial charge in [0.1, 0.15) is 18.2 Å². The number of carbonyl (C=O) groups is 1. The second kappa shape index (κ2) is 8.25. The summed E-state index contributed by atoms with van der Waals surface area (Å²) < 4.78 is 26.5. The lowest BCUT2D eigenvalue weighted by Crippen LogP contribution is -2.09. The quantitative estimate of drug-likeness (QED) is 0.481. The van der Waals surface area contributed by atoms with Crippen molar-refractivity contribution in [2.75, 3.05) is 7.11 Å². The van der Waals surface area contributed by atoms with E-state index >= 15 is 0 Å². The van der Waals surface area contributed by atoms with Crippen molar-refractivity contribution in [1.82, 2.24) is 4.57 Å². The van der Waals surface area contributed by atoms with Gasteiger partial charge in [-0.05, 0) is 50.2 Å². The monoisotopic (exact) mass is 421 g/mol. The number of aromatic nitrogens is 1. The highest BCUT2D eigenvalue weighted by Gasteiger charge is 2.21. The van der Waals surface area contributed by atoms with E-state index in [2.05, 4.69) is 0 Å². The zero-order chi connectivity index (χ0) is 20.4. The zero-order valence-corrected chi connectivity index (χ0v) is 17.1. The molecule has 0 N–H and O–H groups in total. The highest BCUT2D eigenvalue weighted by atomic mass is 35.5. The Morgan fingerprint density at radius 3 is 2.57 bits per heavy atom. The van der Waals surface area contributed by atoms with Gasteiger partial charge in [0, 0.05) is 22.0 Å². The number of carbonyl (C=O) groups excluding carboxylic acids is 1. The van der Waals surface area contributed by atoms with Crippen LogP contribution >= 0.6 is 23.2 Å². The molecule has 7 heteroatoms. The molecule has 0 bridgehead atoms. The minimum absolute atomic E-state index is 0.142. The smallest absolute Gasteiger partial charge is 0.340 e. The maximum atomic E-state index is 13.9. The van der Waals surface area contributed by atoms with Crippen molar-refractivity contribution in [3.05, 3.63) is 80.8 Å². The molecular formula is C21H18Cl2FNO3. The SMILES string of the molecule is COc1ccc(Cl)cc1-n1c(C)cc(C(=O)OCc2c(F)cccc2Cl)c1C. The third-order valence-electron chi connectivity index (χ3n) is 4.44. The summed E-state index contributed by atoms with van der Waals surface area (Å²) in [5.41, 5.74) is 2.67. The summed E-state index contributed by atoms with van der Waals surface area (Å²) in [7, 11) is 1.56. The fourth-order valence-electron chi connectivity index (χ4n) is 3.06. The Kier molecular flexibility index (Phi) is 5.96. The van der Waals surface area contributed by atoms with Crippen LogP contribution in [0, 0.1) is 19.7 Å². The summed E-state index contributed by atoms with van der Waals surface area (Å²) in [5, 5.41) is 0.753. The molecule has 2 aromatic carbocycles. The number of hydrogen-bond donors (Lipinski definition) is 0. The first-order chi connectivity index (χ1) is 13.3. The first kappa shape index (κ1) is 20.2. The van der Waals surface area contributed by atoms with E-state index in [1.54, 1.807) is 44.4 Å². The maximum Gasteiger partial charge on any atom is 0.340 e. The van der Waals surface area contributed by atoms with E-state index in [1.165, 1.54) is 12.1 Å². The average molecular weight is 422 g/mol. The number of esters is 1. The van der Waals surface area contributed by atoms with Gasteiger partial charge in [-0.2, -0.15) is 0 Å². The number of methoxy groups -OCH3 is 1. The van der Waals surface area contributed by atoms with Gasteiger partial charge in [0.05, 0.1) is 23.4 Å². The number of hydrogen-bond acceptors (Lipinski definition) is 3. The van der Waals surface area contributed by atoms with E-state index in [0.717, 1.165) is 5.69 Å². The molecule has 0 radical (unpaired) electrons. The molecule has 0 fully saturated rings. The van der Waals surface area contributed by atoms with Crippen LogP contribution in [-0.4, -0.2) is 17.6 Å². The van der Waals surface area contributed by atoms with Crippen LogP contribution < -0.4 is 4.74 Å². The van der Waals surface area contributed by atoms with Crippen LogP contribution in [0.15, 0.2) is 42.5 Å². The van der Waals surface area contributed by atoms with Gasteiger partial charge in [0.15, 0.2) is 0 Å². The van der Waals surface area contributed by atoms with Crippen molar-refractivity contribution in [3.8, 4) is 11.4 Å². The molecule has 0 aliphatic heterocycles. The van der Waals surface area contributed by atoms with Crippen molar-refractivity contribution in [1.29, 1.82) is 0 Å². The van der Waals surface area contributed by atoms with Gasteiger partial charge in [0.25, 0.3) is 0 Å². The summed E-state index contributed by atoms with van der Waals surface area (Å²) in [6.07, 6.45) is 0. The molecule has 3 rings (SSSR count). The average Bonchev–Trinajstić information content (AvgIpc) is 2.95. The van der Waals surface area contributed by atoms with Crippen molar-refractivity contribution >= 4 is 29.2 Å². The normalized spacial score (nSPS) is 10.8. The van der Waals surface area contributed by atoms with Gasteiger partial charge < -0.3 is 14.0 Å². The Morgan fingerprint density at radius 1 is 1.14 bits per heavy atom. The third kappa shape index (κ3) is 3.86. The van der Waals surface area contributed by atoms with E-state index in [4.69, 9.17) is 32.7 Å². The zero-order valence-electron chi connectivity index (χ0n) is 15.6. The standard InChI is InChI=1S/C21H18Cl2FNO3/c1-12-9-15(21(26)28-11-16-17(23)5-4-6-18(16)24)13(2)25(12)19-10-14(22)7-8-20(19)27-3/h4-10H,11H2,1-3H3. The van der Waals surface area contributed by atoms with Crippen LogP contribution in [0.5, 0.6) is 5.75 Å². The Bertz CT molecular complexity index is 1030. The summed E-state index contributed by atoms with van der Waals surface area (Å²) in [6.45, 7) is 3.40. The van der Waals surface area contributed by atoms with Crippen LogP contribution in [0.3, 0.4) is 0 Å². The summed E-state index contributed by atoms with van der Waals surface area (Å²) in [4.78, 5) is 12.6. The first-order valence-corrected chi connectivity index (χ1v) is 9.22. The molecule has 0 atom stereocenters. The lowest BCUT2D eigenvalue weighted by molar-refractivity contribution is 0.0468. The third-order valence-corrected chi connectivity index (χ3v) is 5.03. The van der Waals surface area contributed by atoms with E-state index in [0.29, 0.717) is 27.7 Å². The van der Waals surface area contributed by atoms with Crippen molar-refractivity contribution in [2.24, 2.45) is 0 Å². The summed E-state index contributed by atoms with van der Waals surface area (Å²) in [6, 6.07) is 11.3. The number of nitrogens with zero attached hydrogens (tertiary/aromatic N) is 1. The summed E-state index contributed by atoms with van der Waals surface area (Å²) in [5.74, 6) is -0.474.